The highest BCUT2D eigenvalue weighted by Crippen LogP contribution is 2.33. The monoisotopic (exact) mass is 241 g/mol. The van der Waals surface area contributed by atoms with Gasteiger partial charge in [0.1, 0.15) is 0 Å². The van der Waals surface area contributed by atoms with Gasteiger partial charge in [-0.2, -0.15) is 0 Å². The summed E-state index contributed by atoms with van der Waals surface area (Å²) in [6, 6.07) is 0.602. The van der Waals surface area contributed by atoms with Gasteiger partial charge in [-0.3, -0.25) is 0 Å². The lowest BCUT2D eigenvalue weighted by molar-refractivity contribution is -0.101. The quantitative estimate of drug-likeness (QED) is 0.796. The minimum absolute atomic E-state index is 0.107. The predicted molar refractivity (Wildman–Crippen MR) is 69.1 cm³/mol. The standard InChI is InChI=1S/C14H27NO2/c1-13(2)10-14(11-16,8-9-17-13)15-12-6-4-3-5-7-12/h12,15-16H,3-11H2,1-2H3. The highest BCUT2D eigenvalue weighted by atomic mass is 16.5. The molecule has 17 heavy (non-hydrogen) atoms. The fourth-order valence-electron chi connectivity index (χ4n) is 3.46. The molecule has 0 aromatic heterocycles. The van der Waals surface area contributed by atoms with Crippen LogP contribution < -0.4 is 5.32 Å². The summed E-state index contributed by atoms with van der Waals surface area (Å²) in [4.78, 5) is 0. The zero-order valence-electron chi connectivity index (χ0n) is 11.3. The van der Waals surface area contributed by atoms with E-state index in [-0.39, 0.29) is 17.7 Å². The summed E-state index contributed by atoms with van der Waals surface area (Å²) in [6.45, 7) is 5.24. The van der Waals surface area contributed by atoms with Crippen LogP contribution in [0.2, 0.25) is 0 Å². The maximum atomic E-state index is 9.79. The highest BCUT2D eigenvalue weighted by Gasteiger charge is 2.41. The van der Waals surface area contributed by atoms with Crippen LogP contribution in [0.3, 0.4) is 0 Å². The van der Waals surface area contributed by atoms with Gasteiger partial charge < -0.3 is 15.2 Å². The van der Waals surface area contributed by atoms with Gasteiger partial charge in [0, 0.05) is 18.2 Å². The van der Waals surface area contributed by atoms with E-state index in [1.54, 1.807) is 0 Å². The lowest BCUT2D eigenvalue weighted by Gasteiger charge is -2.46. The Hall–Kier alpha value is -0.120. The van der Waals surface area contributed by atoms with E-state index >= 15 is 0 Å². The van der Waals surface area contributed by atoms with Gasteiger partial charge in [0.15, 0.2) is 0 Å². The van der Waals surface area contributed by atoms with E-state index in [1.165, 1.54) is 32.1 Å². The fraction of sp³-hybridized carbons (Fsp3) is 1.00. The second-order valence-corrected chi connectivity index (χ2v) is 6.45. The number of rotatable bonds is 3. The molecular formula is C14H27NO2. The Balaban J connectivity index is 1.97. The van der Waals surface area contributed by atoms with Crippen molar-refractivity contribution in [3.05, 3.63) is 0 Å². The average Bonchev–Trinajstić information content (AvgIpc) is 2.29. The number of nitrogens with one attached hydrogen (secondary N) is 1. The number of hydrogen-bond donors (Lipinski definition) is 2. The molecule has 1 heterocycles. The van der Waals surface area contributed by atoms with Crippen molar-refractivity contribution in [3.8, 4) is 0 Å². The number of aliphatic hydroxyl groups excluding tert-OH is 1. The zero-order chi connectivity index (χ0) is 12.4. The van der Waals surface area contributed by atoms with Gasteiger partial charge in [0.25, 0.3) is 0 Å². The van der Waals surface area contributed by atoms with Crippen LogP contribution in [0.5, 0.6) is 0 Å². The lowest BCUT2D eigenvalue weighted by Crippen LogP contribution is -2.60. The molecule has 0 amide bonds. The van der Waals surface area contributed by atoms with Crippen molar-refractivity contribution in [3.63, 3.8) is 0 Å². The summed E-state index contributed by atoms with van der Waals surface area (Å²) < 4.78 is 5.76. The molecule has 3 nitrogen and oxygen atoms in total. The number of aliphatic hydroxyl groups is 1. The molecule has 2 rings (SSSR count). The van der Waals surface area contributed by atoms with Gasteiger partial charge in [-0.15, -0.1) is 0 Å². The van der Waals surface area contributed by atoms with Crippen molar-refractivity contribution >= 4 is 0 Å². The topological polar surface area (TPSA) is 41.5 Å². The third-order valence-corrected chi connectivity index (χ3v) is 4.26. The lowest BCUT2D eigenvalue weighted by atomic mass is 9.80. The third kappa shape index (κ3) is 3.43. The van der Waals surface area contributed by atoms with Crippen LogP contribution in [0, 0.1) is 0 Å². The van der Waals surface area contributed by atoms with Gasteiger partial charge in [-0.25, -0.2) is 0 Å². The number of ether oxygens (including phenoxy) is 1. The van der Waals surface area contributed by atoms with Gasteiger partial charge >= 0.3 is 0 Å². The van der Waals surface area contributed by atoms with Crippen LogP contribution in [0.1, 0.15) is 58.8 Å². The molecule has 2 N–H and O–H groups in total. The van der Waals surface area contributed by atoms with Crippen molar-refractivity contribution in [1.82, 2.24) is 5.32 Å². The van der Waals surface area contributed by atoms with Crippen molar-refractivity contribution in [2.75, 3.05) is 13.2 Å². The predicted octanol–water partition coefficient (Wildman–Crippen LogP) is 2.23. The molecule has 1 aliphatic carbocycles. The summed E-state index contributed by atoms with van der Waals surface area (Å²) in [5, 5.41) is 13.5. The first-order valence-corrected chi connectivity index (χ1v) is 7.08. The van der Waals surface area contributed by atoms with Crippen molar-refractivity contribution in [2.45, 2.75) is 76.0 Å². The summed E-state index contributed by atoms with van der Waals surface area (Å²) in [6.07, 6.45) is 8.42. The van der Waals surface area contributed by atoms with E-state index in [4.69, 9.17) is 4.74 Å². The largest absolute Gasteiger partial charge is 0.394 e. The zero-order valence-corrected chi connectivity index (χ0v) is 11.3. The molecule has 1 unspecified atom stereocenters. The molecule has 1 aliphatic heterocycles. The van der Waals surface area contributed by atoms with Crippen molar-refractivity contribution < 1.29 is 9.84 Å². The first-order chi connectivity index (χ1) is 8.05. The van der Waals surface area contributed by atoms with Gasteiger partial charge in [0.2, 0.25) is 0 Å². The van der Waals surface area contributed by atoms with Crippen LogP contribution in [-0.2, 0) is 4.74 Å². The normalized spacial score (nSPS) is 34.8. The van der Waals surface area contributed by atoms with Gasteiger partial charge in [-0.1, -0.05) is 19.3 Å². The minimum atomic E-state index is -0.108. The summed E-state index contributed by atoms with van der Waals surface area (Å²) in [5.74, 6) is 0. The van der Waals surface area contributed by atoms with E-state index < -0.39 is 0 Å². The first kappa shape index (κ1) is 13.3. The van der Waals surface area contributed by atoms with Crippen molar-refractivity contribution in [2.24, 2.45) is 0 Å². The number of hydrogen-bond acceptors (Lipinski definition) is 3. The second kappa shape index (κ2) is 5.25. The molecule has 0 aromatic carbocycles. The second-order valence-electron chi connectivity index (χ2n) is 6.45. The Labute approximate surface area is 105 Å². The van der Waals surface area contributed by atoms with Gasteiger partial charge in [-0.05, 0) is 39.5 Å². The Morgan fingerprint density at radius 3 is 2.53 bits per heavy atom. The summed E-state index contributed by atoms with van der Waals surface area (Å²) in [5.41, 5.74) is -0.216. The van der Waals surface area contributed by atoms with E-state index in [9.17, 15) is 5.11 Å². The SMILES string of the molecule is CC1(C)CC(CO)(NC2CCCCC2)CCO1. The third-order valence-electron chi connectivity index (χ3n) is 4.26. The molecule has 1 saturated heterocycles. The molecule has 0 aromatic rings. The Kier molecular flexibility index (Phi) is 4.11. The smallest absolute Gasteiger partial charge is 0.0645 e. The van der Waals surface area contributed by atoms with Crippen molar-refractivity contribution in [1.29, 1.82) is 0 Å². The molecule has 3 heteroatoms. The van der Waals surface area contributed by atoms with E-state index in [0.29, 0.717) is 6.04 Å². The Morgan fingerprint density at radius 1 is 1.24 bits per heavy atom. The van der Waals surface area contributed by atoms with Gasteiger partial charge in [0.05, 0.1) is 12.2 Å². The first-order valence-electron chi connectivity index (χ1n) is 7.08. The molecule has 0 radical (unpaired) electrons. The molecule has 2 fully saturated rings. The van der Waals surface area contributed by atoms with Crippen LogP contribution in [-0.4, -0.2) is 35.5 Å². The molecule has 1 saturated carbocycles. The Morgan fingerprint density at radius 2 is 1.94 bits per heavy atom. The van der Waals surface area contributed by atoms with Crippen LogP contribution >= 0.6 is 0 Å². The Bertz CT molecular complexity index is 249. The van der Waals surface area contributed by atoms with Crippen LogP contribution in [0.25, 0.3) is 0 Å². The fourth-order valence-corrected chi connectivity index (χ4v) is 3.46. The maximum Gasteiger partial charge on any atom is 0.0645 e. The molecule has 0 spiro atoms. The summed E-state index contributed by atoms with van der Waals surface area (Å²) in [7, 11) is 0. The van der Waals surface area contributed by atoms with E-state index in [0.717, 1.165) is 19.4 Å². The molecule has 0 bridgehead atoms. The maximum absolute atomic E-state index is 9.79. The molecule has 100 valence electrons. The average molecular weight is 241 g/mol. The molecule has 1 atom stereocenters. The molecule has 2 aliphatic rings. The minimum Gasteiger partial charge on any atom is -0.394 e. The summed E-state index contributed by atoms with van der Waals surface area (Å²) >= 11 is 0. The van der Waals surface area contributed by atoms with E-state index in [1.807, 2.05) is 0 Å². The van der Waals surface area contributed by atoms with Crippen LogP contribution in [0.4, 0.5) is 0 Å². The highest BCUT2D eigenvalue weighted by molar-refractivity contribution is 4.98. The van der Waals surface area contributed by atoms with E-state index in [2.05, 4.69) is 19.2 Å². The molecular weight excluding hydrogens is 214 g/mol. The van der Waals surface area contributed by atoms with Crippen LogP contribution in [0.15, 0.2) is 0 Å².